The van der Waals surface area contributed by atoms with Gasteiger partial charge in [0.2, 0.25) is 5.78 Å². The van der Waals surface area contributed by atoms with E-state index in [4.69, 9.17) is 0 Å². The zero-order chi connectivity index (χ0) is 17.3. The summed E-state index contributed by atoms with van der Waals surface area (Å²) in [6, 6.07) is 5.35. The molecule has 1 atom stereocenters. The first-order valence-electron chi connectivity index (χ1n) is 6.81. The average Bonchev–Trinajstić information content (AvgIpc) is 2.47. The largest absolute Gasteiger partial charge is 0.480 e. The second kappa shape index (κ2) is 6.51. The van der Waals surface area contributed by atoms with Crippen molar-refractivity contribution in [3.8, 4) is 0 Å². The van der Waals surface area contributed by atoms with Crippen molar-refractivity contribution in [3.63, 3.8) is 0 Å². The zero-order valence-electron chi connectivity index (χ0n) is 12.5. The molecule has 0 radical (unpaired) electrons. The molecule has 1 aliphatic rings. The standard InChI is InChI=1S/C15H15BrN2O5/c1-3-10-11(14(20)21)13(19)12(15(22)23)17(2)18(10)9-6-4-8(16)5-7-9/h4-7,12H,3H2,1-2H3,(H,20,21)(H,22,23). The number of carbonyl (C=O) groups excluding carboxylic acids is 1. The molecule has 0 saturated carbocycles. The number of rotatable bonds is 4. The maximum Gasteiger partial charge on any atom is 0.341 e. The van der Waals surface area contributed by atoms with Crippen LogP contribution in [0.3, 0.4) is 0 Å². The maximum absolute atomic E-state index is 12.3. The Morgan fingerprint density at radius 1 is 1.22 bits per heavy atom. The van der Waals surface area contributed by atoms with E-state index >= 15 is 0 Å². The second-order valence-electron chi connectivity index (χ2n) is 4.95. The Balaban J connectivity index is 2.69. The van der Waals surface area contributed by atoms with Crippen LogP contribution >= 0.6 is 15.9 Å². The van der Waals surface area contributed by atoms with Crippen LogP contribution in [-0.4, -0.2) is 46.0 Å². The minimum absolute atomic E-state index is 0.254. The summed E-state index contributed by atoms with van der Waals surface area (Å²) in [4.78, 5) is 35.3. The summed E-state index contributed by atoms with van der Waals surface area (Å²) in [6.45, 7) is 1.71. The molecule has 7 nitrogen and oxygen atoms in total. The number of ketones is 1. The number of likely N-dealkylation sites (N-methyl/N-ethyl adjacent to an activating group) is 1. The van der Waals surface area contributed by atoms with Gasteiger partial charge in [-0.15, -0.1) is 0 Å². The Morgan fingerprint density at radius 2 is 1.78 bits per heavy atom. The minimum Gasteiger partial charge on any atom is -0.480 e. The van der Waals surface area contributed by atoms with Crippen molar-refractivity contribution in [2.24, 2.45) is 0 Å². The number of carbonyl (C=O) groups is 3. The van der Waals surface area contributed by atoms with Crippen LogP contribution < -0.4 is 5.01 Å². The monoisotopic (exact) mass is 382 g/mol. The summed E-state index contributed by atoms with van der Waals surface area (Å²) in [5, 5.41) is 21.4. The van der Waals surface area contributed by atoms with Gasteiger partial charge in [-0.2, -0.15) is 5.01 Å². The lowest BCUT2D eigenvalue weighted by Crippen LogP contribution is -2.58. The highest BCUT2D eigenvalue weighted by Crippen LogP contribution is 2.32. The number of hydrazine groups is 1. The van der Waals surface area contributed by atoms with Gasteiger partial charge in [-0.25, -0.2) is 9.59 Å². The summed E-state index contributed by atoms with van der Waals surface area (Å²) in [6.07, 6.45) is 0.264. The van der Waals surface area contributed by atoms with Gasteiger partial charge in [0.15, 0.2) is 6.04 Å². The van der Waals surface area contributed by atoms with Crippen molar-refractivity contribution >= 4 is 39.3 Å². The van der Waals surface area contributed by atoms with Crippen LogP contribution in [0, 0.1) is 0 Å². The van der Waals surface area contributed by atoms with Gasteiger partial charge in [0.1, 0.15) is 5.57 Å². The van der Waals surface area contributed by atoms with Crippen LogP contribution in [0.2, 0.25) is 0 Å². The lowest BCUT2D eigenvalue weighted by molar-refractivity contribution is -0.148. The molecule has 0 aliphatic carbocycles. The zero-order valence-corrected chi connectivity index (χ0v) is 14.1. The predicted molar refractivity (Wildman–Crippen MR) is 85.8 cm³/mol. The van der Waals surface area contributed by atoms with Gasteiger partial charge in [-0.3, -0.25) is 9.80 Å². The highest BCUT2D eigenvalue weighted by molar-refractivity contribution is 9.10. The summed E-state index contributed by atoms with van der Waals surface area (Å²) in [5.41, 5.74) is 0.343. The van der Waals surface area contributed by atoms with E-state index in [0.29, 0.717) is 5.69 Å². The van der Waals surface area contributed by atoms with Crippen molar-refractivity contribution in [1.82, 2.24) is 5.01 Å². The average molecular weight is 383 g/mol. The number of benzene rings is 1. The number of Topliss-reactive ketones (excluding diaryl/α,β-unsaturated/α-hetero) is 1. The van der Waals surface area contributed by atoms with Crippen molar-refractivity contribution in [2.75, 3.05) is 12.1 Å². The Bertz CT molecular complexity index is 698. The molecule has 1 aliphatic heterocycles. The molecule has 2 N–H and O–H groups in total. The van der Waals surface area contributed by atoms with Gasteiger partial charge in [-0.1, -0.05) is 22.9 Å². The van der Waals surface area contributed by atoms with Gasteiger partial charge >= 0.3 is 11.9 Å². The molecule has 1 unspecified atom stereocenters. The number of carboxylic acid groups (broad SMARTS) is 2. The lowest BCUT2D eigenvalue weighted by Gasteiger charge is -2.42. The molecular formula is C15H15BrN2O5. The maximum atomic E-state index is 12.3. The molecular weight excluding hydrogens is 368 g/mol. The Hall–Kier alpha value is -2.19. The van der Waals surface area contributed by atoms with Gasteiger partial charge < -0.3 is 10.2 Å². The molecule has 1 heterocycles. The number of halogens is 1. The summed E-state index contributed by atoms with van der Waals surface area (Å²) in [5.74, 6) is -3.74. The Morgan fingerprint density at radius 3 is 2.22 bits per heavy atom. The number of carboxylic acids is 2. The smallest absolute Gasteiger partial charge is 0.341 e. The van der Waals surface area contributed by atoms with Crippen LogP contribution in [0.5, 0.6) is 0 Å². The van der Waals surface area contributed by atoms with Crippen LogP contribution in [0.15, 0.2) is 40.0 Å². The fourth-order valence-electron chi connectivity index (χ4n) is 2.61. The highest BCUT2D eigenvalue weighted by atomic mass is 79.9. The van der Waals surface area contributed by atoms with E-state index in [-0.39, 0.29) is 12.1 Å². The molecule has 122 valence electrons. The highest BCUT2D eigenvalue weighted by Gasteiger charge is 2.45. The van der Waals surface area contributed by atoms with Gasteiger partial charge in [0.25, 0.3) is 0 Å². The summed E-state index contributed by atoms with van der Waals surface area (Å²) in [7, 11) is 1.45. The molecule has 0 aromatic heterocycles. The first kappa shape index (κ1) is 17.2. The predicted octanol–water partition coefficient (Wildman–Crippen LogP) is 1.89. The van der Waals surface area contributed by atoms with Crippen molar-refractivity contribution in [1.29, 1.82) is 0 Å². The van der Waals surface area contributed by atoms with E-state index in [9.17, 15) is 24.6 Å². The number of allylic oxidation sites excluding steroid dienone is 1. The number of anilines is 1. The van der Waals surface area contributed by atoms with E-state index < -0.39 is 29.3 Å². The molecule has 2 rings (SSSR count). The quantitative estimate of drug-likeness (QED) is 0.605. The number of nitrogens with zero attached hydrogens (tertiary/aromatic N) is 2. The second-order valence-corrected chi connectivity index (χ2v) is 5.86. The fraction of sp³-hybridized carbons (Fsp3) is 0.267. The minimum atomic E-state index is -1.58. The van der Waals surface area contributed by atoms with Gasteiger partial charge in [0.05, 0.1) is 11.4 Å². The van der Waals surface area contributed by atoms with E-state index in [2.05, 4.69) is 15.9 Å². The fourth-order valence-corrected chi connectivity index (χ4v) is 2.87. The molecule has 0 spiro atoms. The molecule has 0 saturated heterocycles. The Labute approximate surface area is 140 Å². The van der Waals surface area contributed by atoms with Crippen LogP contribution in [-0.2, 0) is 14.4 Å². The van der Waals surface area contributed by atoms with E-state index in [1.807, 2.05) is 0 Å². The van der Waals surface area contributed by atoms with Gasteiger partial charge in [0, 0.05) is 11.5 Å². The molecule has 0 bridgehead atoms. The van der Waals surface area contributed by atoms with Crippen LogP contribution in [0.4, 0.5) is 5.69 Å². The molecule has 8 heteroatoms. The normalized spacial score (nSPS) is 19.2. The van der Waals surface area contributed by atoms with E-state index in [1.54, 1.807) is 31.2 Å². The van der Waals surface area contributed by atoms with E-state index in [1.165, 1.54) is 17.1 Å². The van der Waals surface area contributed by atoms with Crippen molar-refractivity contribution in [3.05, 3.63) is 40.0 Å². The van der Waals surface area contributed by atoms with Crippen LogP contribution in [0.25, 0.3) is 0 Å². The van der Waals surface area contributed by atoms with Gasteiger partial charge in [-0.05, 0) is 30.7 Å². The molecule has 0 fully saturated rings. The third-order valence-corrected chi connectivity index (χ3v) is 4.11. The van der Waals surface area contributed by atoms with Crippen LogP contribution in [0.1, 0.15) is 13.3 Å². The topological polar surface area (TPSA) is 98.1 Å². The first-order valence-corrected chi connectivity index (χ1v) is 7.60. The third kappa shape index (κ3) is 2.99. The first-order chi connectivity index (χ1) is 10.8. The van der Waals surface area contributed by atoms with Crippen molar-refractivity contribution in [2.45, 2.75) is 19.4 Å². The summed E-state index contributed by atoms with van der Waals surface area (Å²) < 4.78 is 0.826. The molecule has 1 aromatic rings. The number of hydrogen-bond donors (Lipinski definition) is 2. The number of aliphatic carboxylic acids is 2. The number of hydrogen-bond acceptors (Lipinski definition) is 5. The molecule has 0 amide bonds. The Kier molecular flexibility index (Phi) is 4.86. The summed E-state index contributed by atoms with van der Waals surface area (Å²) >= 11 is 3.31. The third-order valence-electron chi connectivity index (χ3n) is 3.58. The molecule has 23 heavy (non-hydrogen) atoms. The lowest BCUT2D eigenvalue weighted by atomic mass is 9.97. The SMILES string of the molecule is CCC1=C(C(=O)O)C(=O)C(C(=O)O)N(C)N1c1ccc(Br)cc1. The molecule has 1 aromatic carbocycles. The van der Waals surface area contributed by atoms with E-state index in [0.717, 1.165) is 4.47 Å². The van der Waals surface area contributed by atoms with Crippen molar-refractivity contribution < 1.29 is 24.6 Å².